The Morgan fingerprint density at radius 2 is 1.85 bits per heavy atom. The predicted molar refractivity (Wildman–Crippen MR) is 127 cm³/mol. The Hall–Kier alpha value is -3.54. The molecule has 0 fully saturated rings. The zero-order valence-corrected chi connectivity index (χ0v) is 19.7. The summed E-state index contributed by atoms with van der Waals surface area (Å²) in [7, 11) is 0. The van der Waals surface area contributed by atoms with E-state index in [2.05, 4.69) is 17.4 Å². The van der Waals surface area contributed by atoms with Crippen molar-refractivity contribution in [2.24, 2.45) is 0 Å². The molecule has 6 nitrogen and oxygen atoms in total. The lowest BCUT2D eigenvalue weighted by molar-refractivity contribution is -0.144. The highest BCUT2D eigenvalue weighted by atomic mass is 16.7. The van der Waals surface area contributed by atoms with Crippen LogP contribution in [0, 0.1) is 0 Å². The van der Waals surface area contributed by atoms with Crippen molar-refractivity contribution < 1.29 is 23.8 Å². The Labute approximate surface area is 199 Å². The molecular formula is C28H29NO5. The molecule has 0 bridgehead atoms. The van der Waals surface area contributed by atoms with Gasteiger partial charge in [-0.25, -0.2) is 4.79 Å². The van der Waals surface area contributed by atoms with E-state index in [1.165, 1.54) is 0 Å². The van der Waals surface area contributed by atoms with E-state index in [4.69, 9.17) is 14.2 Å². The summed E-state index contributed by atoms with van der Waals surface area (Å²) in [6.07, 6.45) is 1.60. The second-order valence-electron chi connectivity index (χ2n) is 9.16. The van der Waals surface area contributed by atoms with Crippen LogP contribution < -0.4 is 14.8 Å². The van der Waals surface area contributed by atoms with Crippen LogP contribution in [0.15, 0.2) is 71.1 Å². The predicted octanol–water partition coefficient (Wildman–Crippen LogP) is 5.12. The van der Waals surface area contributed by atoms with E-state index < -0.39 is 11.9 Å². The van der Waals surface area contributed by atoms with Gasteiger partial charge in [0.25, 0.3) is 0 Å². The average Bonchev–Trinajstić information content (AvgIpc) is 3.31. The summed E-state index contributed by atoms with van der Waals surface area (Å²) in [5.74, 6) is 0.509. The van der Waals surface area contributed by atoms with Crippen LogP contribution in [0.1, 0.15) is 63.0 Å². The molecule has 3 aliphatic rings. The number of benzene rings is 2. The van der Waals surface area contributed by atoms with Crippen LogP contribution in [0.2, 0.25) is 0 Å². The number of esters is 1. The van der Waals surface area contributed by atoms with Crippen LogP contribution in [-0.4, -0.2) is 24.6 Å². The lowest BCUT2D eigenvalue weighted by Gasteiger charge is -2.37. The first-order chi connectivity index (χ1) is 16.5. The summed E-state index contributed by atoms with van der Waals surface area (Å²) < 4.78 is 16.8. The van der Waals surface area contributed by atoms with Gasteiger partial charge in [0.15, 0.2) is 17.3 Å². The molecule has 6 heteroatoms. The van der Waals surface area contributed by atoms with Crippen molar-refractivity contribution in [2.75, 3.05) is 6.79 Å². The molecule has 0 unspecified atom stereocenters. The Kier molecular flexibility index (Phi) is 5.90. The summed E-state index contributed by atoms with van der Waals surface area (Å²) >= 11 is 0. The van der Waals surface area contributed by atoms with Gasteiger partial charge in [-0.1, -0.05) is 43.3 Å². The Morgan fingerprint density at radius 3 is 2.62 bits per heavy atom. The van der Waals surface area contributed by atoms with Gasteiger partial charge in [-0.15, -0.1) is 0 Å². The van der Waals surface area contributed by atoms with Crippen molar-refractivity contribution in [1.82, 2.24) is 5.32 Å². The number of hydrogen-bond acceptors (Lipinski definition) is 6. The lowest BCUT2D eigenvalue weighted by atomic mass is 9.71. The normalized spacial score (nSPS) is 22.3. The highest BCUT2D eigenvalue weighted by molar-refractivity contribution is 6.04. The fourth-order valence-electron chi connectivity index (χ4n) is 5.03. The van der Waals surface area contributed by atoms with Crippen molar-refractivity contribution in [3.05, 3.63) is 82.2 Å². The molecule has 34 heavy (non-hydrogen) atoms. The number of ether oxygens (including phenoxy) is 3. The van der Waals surface area contributed by atoms with Crippen molar-refractivity contribution in [3.63, 3.8) is 0 Å². The summed E-state index contributed by atoms with van der Waals surface area (Å²) in [6.45, 7) is 5.89. The summed E-state index contributed by atoms with van der Waals surface area (Å²) in [5, 5.41) is 3.40. The Bertz CT molecular complexity index is 1200. The van der Waals surface area contributed by atoms with Crippen LogP contribution in [0.5, 0.6) is 11.5 Å². The Morgan fingerprint density at radius 1 is 1.09 bits per heavy atom. The van der Waals surface area contributed by atoms with Gasteiger partial charge >= 0.3 is 5.97 Å². The minimum Gasteiger partial charge on any atom is -0.459 e. The van der Waals surface area contributed by atoms with E-state index in [0.29, 0.717) is 41.9 Å². The lowest BCUT2D eigenvalue weighted by Crippen LogP contribution is -2.36. The number of ketones is 1. The van der Waals surface area contributed by atoms with Gasteiger partial charge in [0, 0.05) is 29.3 Å². The van der Waals surface area contributed by atoms with E-state index >= 15 is 0 Å². The monoisotopic (exact) mass is 459 g/mol. The first-order valence-electron chi connectivity index (χ1n) is 11.9. The number of dihydropyridines is 1. The average molecular weight is 460 g/mol. The molecule has 0 spiro atoms. The van der Waals surface area contributed by atoms with Crippen molar-refractivity contribution >= 4 is 11.8 Å². The largest absolute Gasteiger partial charge is 0.459 e. The van der Waals surface area contributed by atoms with E-state index in [0.717, 1.165) is 22.5 Å². The standard InChI is InChI=1S/C28H29NO5/c1-4-16(2)34-28(31)25-17(3)29-21-12-20(18-8-6-5-7-9-18)13-22(30)27(21)26(25)19-10-11-23-24(14-19)33-15-32-23/h5-11,14,16,20,26,29H,4,12-13,15H2,1-3H3/t16-,20+,26-/m1/s1. The third-order valence-corrected chi connectivity index (χ3v) is 6.93. The SMILES string of the molecule is CC[C@@H](C)OC(=O)C1=C(C)NC2=C(C(=O)C[C@@H](c3ccccc3)C2)[C@@H]1c1ccc2c(c1)OCO2. The van der Waals surface area contributed by atoms with E-state index in [1.807, 2.05) is 57.2 Å². The first kappa shape index (κ1) is 22.3. The van der Waals surface area contributed by atoms with Crippen molar-refractivity contribution in [3.8, 4) is 11.5 Å². The number of hydrogen-bond donors (Lipinski definition) is 1. The van der Waals surface area contributed by atoms with Crippen LogP contribution in [0.3, 0.4) is 0 Å². The molecule has 5 rings (SSSR count). The number of carbonyl (C=O) groups excluding carboxylic acids is 2. The first-order valence-corrected chi connectivity index (χ1v) is 11.9. The zero-order chi connectivity index (χ0) is 23.8. The molecule has 3 atom stereocenters. The molecule has 2 heterocycles. The third-order valence-electron chi connectivity index (χ3n) is 6.93. The molecule has 2 aromatic rings. The number of fused-ring (bicyclic) bond motifs is 1. The van der Waals surface area contributed by atoms with E-state index in [-0.39, 0.29) is 24.6 Å². The molecule has 176 valence electrons. The highest BCUT2D eigenvalue weighted by Crippen LogP contribution is 2.47. The van der Waals surface area contributed by atoms with Crippen molar-refractivity contribution in [2.45, 2.75) is 58.0 Å². The Balaban J connectivity index is 1.59. The quantitative estimate of drug-likeness (QED) is 0.626. The van der Waals surface area contributed by atoms with Crippen LogP contribution in [-0.2, 0) is 14.3 Å². The number of Topliss-reactive ketones (excluding diaryl/α,β-unsaturated/α-hetero) is 1. The van der Waals surface area contributed by atoms with Gasteiger partial charge < -0.3 is 19.5 Å². The van der Waals surface area contributed by atoms with Gasteiger partial charge in [0.05, 0.1) is 11.7 Å². The fourth-order valence-corrected chi connectivity index (χ4v) is 5.03. The topological polar surface area (TPSA) is 73.9 Å². The van der Waals surface area contributed by atoms with Crippen molar-refractivity contribution in [1.29, 1.82) is 0 Å². The minimum absolute atomic E-state index is 0.0478. The molecule has 2 aliphatic heterocycles. The smallest absolute Gasteiger partial charge is 0.337 e. The fraction of sp³-hybridized carbons (Fsp3) is 0.357. The van der Waals surface area contributed by atoms with Gasteiger partial charge in [-0.05, 0) is 55.9 Å². The van der Waals surface area contributed by atoms with E-state index in [9.17, 15) is 9.59 Å². The maximum atomic E-state index is 13.7. The number of rotatable bonds is 5. The second kappa shape index (κ2) is 9.01. The molecular weight excluding hydrogens is 430 g/mol. The summed E-state index contributed by atoms with van der Waals surface area (Å²) in [5.41, 5.74) is 4.69. The molecule has 0 saturated heterocycles. The van der Waals surface area contributed by atoms with Gasteiger partial charge in [-0.2, -0.15) is 0 Å². The molecule has 0 aromatic heterocycles. The van der Waals surface area contributed by atoms with E-state index in [1.54, 1.807) is 0 Å². The zero-order valence-electron chi connectivity index (χ0n) is 19.7. The molecule has 2 aromatic carbocycles. The molecule has 1 aliphatic carbocycles. The van der Waals surface area contributed by atoms with Crippen LogP contribution >= 0.6 is 0 Å². The molecule has 0 radical (unpaired) electrons. The van der Waals surface area contributed by atoms with Gasteiger partial charge in [0.1, 0.15) is 0 Å². The summed E-state index contributed by atoms with van der Waals surface area (Å²) in [6, 6.07) is 15.8. The molecule has 1 N–H and O–H groups in total. The number of allylic oxidation sites excluding steroid dienone is 3. The number of nitrogens with one attached hydrogen (secondary N) is 1. The molecule has 0 saturated carbocycles. The highest BCUT2D eigenvalue weighted by Gasteiger charge is 2.42. The van der Waals surface area contributed by atoms with Gasteiger partial charge in [0.2, 0.25) is 6.79 Å². The van der Waals surface area contributed by atoms with Gasteiger partial charge in [-0.3, -0.25) is 4.79 Å². The minimum atomic E-state index is -0.522. The maximum absolute atomic E-state index is 13.7. The van der Waals surface area contributed by atoms with Crippen LogP contribution in [0.25, 0.3) is 0 Å². The van der Waals surface area contributed by atoms with Crippen LogP contribution in [0.4, 0.5) is 0 Å². The number of carbonyl (C=O) groups is 2. The third kappa shape index (κ3) is 3.98. The molecule has 0 amide bonds. The second-order valence-corrected chi connectivity index (χ2v) is 9.16. The summed E-state index contributed by atoms with van der Waals surface area (Å²) in [4.78, 5) is 27.0. The maximum Gasteiger partial charge on any atom is 0.337 e.